The molecule has 0 aromatic heterocycles. The monoisotopic (exact) mass is 279 g/mol. The molecule has 5 heteroatoms. The summed E-state index contributed by atoms with van der Waals surface area (Å²) in [4.78, 5) is 25.8. The lowest BCUT2D eigenvalue weighted by atomic mass is 9.96. The van der Waals surface area contributed by atoms with Crippen LogP contribution in [0.2, 0.25) is 0 Å². The van der Waals surface area contributed by atoms with Crippen LogP contribution in [-0.4, -0.2) is 39.5 Å². The van der Waals surface area contributed by atoms with Crippen molar-refractivity contribution in [2.75, 3.05) is 6.61 Å². The topological polar surface area (TPSA) is 46.6 Å². The molecule has 1 amide bonds. The van der Waals surface area contributed by atoms with Crippen LogP contribution < -0.4 is 0 Å². The minimum Gasteiger partial charge on any atom is -0.460 e. The second kappa shape index (κ2) is 4.91. The highest BCUT2D eigenvalue weighted by Gasteiger charge is 2.61. The normalized spacial score (nSPS) is 27.2. The van der Waals surface area contributed by atoms with Crippen LogP contribution in [0.4, 0.5) is 0 Å². The van der Waals surface area contributed by atoms with Gasteiger partial charge in [-0.2, -0.15) is 0 Å². The van der Waals surface area contributed by atoms with E-state index in [0.29, 0.717) is 5.57 Å². The van der Waals surface area contributed by atoms with E-state index in [4.69, 9.17) is 4.74 Å². The Kier molecular flexibility index (Phi) is 3.61. The average Bonchev–Trinajstić information content (AvgIpc) is 2.61. The molecule has 2 fully saturated rings. The molecule has 2 aliphatic rings. The number of carbonyl (C=O) groups excluding carboxylic acids is 2. The molecule has 19 heavy (non-hydrogen) atoms. The zero-order valence-corrected chi connectivity index (χ0v) is 12.1. The van der Waals surface area contributed by atoms with Crippen molar-refractivity contribution in [2.45, 2.75) is 36.9 Å². The second-order valence-corrected chi connectivity index (χ2v) is 6.69. The molecule has 0 radical (unpaired) electrons. The van der Waals surface area contributed by atoms with E-state index in [1.807, 2.05) is 20.8 Å². The number of carbonyl (C=O) groups is 2. The van der Waals surface area contributed by atoms with Gasteiger partial charge in [0.05, 0.1) is 5.57 Å². The number of fused-ring (bicyclic) bond motifs is 1. The van der Waals surface area contributed by atoms with Gasteiger partial charge in [0.25, 0.3) is 5.91 Å². The van der Waals surface area contributed by atoms with Gasteiger partial charge in [-0.1, -0.05) is 12.7 Å². The number of rotatable bonds is 3. The molecule has 4 nitrogen and oxygen atoms in total. The molecule has 0 aromatic carbocycles. The maximum absolute atomic E-state index is 12.1. The van der Waals surface area contributed by atoms with Gasteiger partial charge in [0.1, 0.15) is 18.0 Å². The van der Waals surface area contributed by atoms with Crippen molar-refractivity contribution < 1.29 is 14.3 Å². The first-order valence-corrected chi connectivity index (χ1v) is 7.01. The van der Waals surface area contributed by atoms with E-state index in [-0.39, 0.29) is 28.6 Å². The van der Waals surface area contributed by atoms with Crippen LogP contribution in [0.15, 0.2) is 30.0 Å². The lowest BCUT2D eigenvalue weighted by molar-refractivity contribution is -0.156. The molecule has 0 N–H and O–H groups in total. The third kappa shape index (κ3) is 2.13. The second-order valence-electron chi connectivity index (χ2n) is 4.95. The summed E-state index contributed by atoms with van der Waals surface area (Å²) in [6, 6.07) is -0.544. The Morgan fingerprint density at radius 1 is 1.63 bits per heavy atom. The number of β-lactam (4-membered cyclic amide) rings is 1. The molecule has 2 heterocycles. The largest absolute Gasteiger partial charge is 0.460 e. The number of hydrogen-bond donors (Lipinski definition) is 0. The molecule has 0 bridgehead atoms. The first-order chi connectivity index (χ1) is 8.94. The number of hydrogen-bond acceptors (Lipinski definition) is 4. The third-order valence-electron chi connectivity index (χ3n) is 3.18. The summed E-state index contributed by atoms with van der Waals surface area (Å²) >= 11 is 1.60. The van der Waals surface area contributed by atoms with Crippen molar-refractivity contribution in [3.63, 3.8) is 0 Å². The molecule has 102 valence electrons. The Hall–Kier alpha value is -1.45. The Bertz CT molecular complexity index is 503. The van der Waals surface area contributed by atoms with E-state index in [1.165, 1.54) is 6.08 Å². The molecule has 0 aliphatic carbocycles. The van der Waals surface area contributed by atoms with Crippen LogP contribution >= 0.6 is 11.8 Å². The van der Waals surface area contributed by atoms with Crippen molar-refractivity contribution >= 4 is 23.6 Å². The minimum atomic E-state index is -0.544. The summed E-state index contributed by atoms with van der Waals surface area (Å²) < 4.78 is 4.74. The maximum Gasteiger partial charge on any atom is 0.330 e. The van der Waals surface area contributed by atoms with E-state index in [9.17, 15) is 9.59 Å². The van der Waals surface area contributed by atoms with Gasteiger partial charge < -0.3 is 9.64 Å². The molecule has 2 rings (SSSR count). The summed E-state index contributed by atoms with van der Waals surface area (Å²) in [6.45, 7) is 9.41. The Balaban J connectivity index is 2.26. The van der Waals surface area contributed by atoms with Crippen molar-refractivity contribution in [3.8, 4) is 0 Å². The molecular formula is C14H17NO3S. The van der Waals surface area contributed by atoms with Gasteiger partial charge in [-0.15, -0.1) is 17.5 Å². The SMILES string of the molecule is C=CCOC(=O)[C@@H]1N2C(=O)C(=C=CC)[C@H]2SC1(C)C. The van der Waals surface area contributed by atoms with Crippen molar-refractivity contribution in [1.82, 2.24) is 4.90 Å². The average molecular weight is 279 g/mol. The number of nitrogens with zero attached hydrogens (tertiary/aromatic N) is 1. The summed E-state index contributed by atoms with van der Waals surface area (Å²) in [5.74, 6) is -0.491. The van der Waals surface area contributed by atoms with Gasteiger partial charge in [0, 0.05) is 4.75 Å². The predicted octanol–water partition coefficient (Wildman–Crippen LogP) is 1.88. The van der Waals surface area contributed by atoms with Gasteiger partial charge in [0.2, 0.25) is 0 Å². The van der Waals surface area contributed by atoms with E-state index < -0.39 is 6.04 Å². The van der Waals surface area contributed by atoms with Crippen LogP contribution in [0.1, 0.15) is 20.8 Å². The summed E-state index contributed by atoms with van der Waals surface area (Å²) in [7, 11) is 0. The first-order valence-electron chi connectivity index (χ1n) is 6.13. The molecule has 2 aliphatic heterocycles. The number of ether oxygens (including phenoxy) is 1. The zero-order chi connectivity index (χ0) is 14.2. The van der Waals surface area contributed by atoms with Crippen molar-refractivity contribution in [1.29, 1.82) is 0 Å². The minimum absolute atomic E-state index is 0.0834. The van der Waals surface area contributed by atoms with E-state index in [0.717, 1.165) is 0 Å². The quantitative estimate of drug-likeness (QED) is 0.260. The van der Waals surface area contributed by atoms with E-state index in [2.05, 4.69) is 12.3 Å². The zero-order valence-electron chi connectivity index (χ0n) is 11.3. The highest BCUT2D eigenvalue weighted by atomic mass is 32.2. The van der Waals surface area contributed by atoms with Crippen LogP contribution in [0.25, 0.3) is 0 Å². The van der Waals surface area contributed by atoms with Gasteiger partial charge in [-0.3, -0.25) is 4.79 Å². The van der Waals surface area contributed by atoms with Crippen molar-refractivity contribution in [3.05, 3.63) is 30.0 Å². The van der Waals surface area contributed by atoms with Crippen LogP contribution in [-0.2, 0) is 14.3 Å². The lowest BCUT2D eigenvalue weighted by Gasteiger charge is -2.38. The summed E-state index contributed by atoms with van der Waals surface area (Å²) in [5.41, 5.74) is 3.59. The Labute approximate surface area is 117 Å². The van der Waals surface area contributed by atoms with Crippen LogP contribution in [0.5, 0.6) is 0 Å². The van der Waals surface area contributed by atoms with E-state index in [1.54, 1.807) is 22.7 Å². The molecule has 2 atom stereocenters. The first kappa shape index (κ1) is 14.0. The standard InChI is InChI=1S/C14H17NO3S/c1-5-7-9-11(16)15-10(13(17)18-8-6-2)14(3,4)19-12(9)15/h5-6,10,12H,2,8H2,1,3-4H3/t7?,10-,12+/m0/s1. The summed E-state index contributed by atoms with van der Waals surface area (Å²) in [6.07, 6.45) is 3.25. The number of esters is 1. The fraction of sp³-hybridized carbons (Fsp3) is 0.500. The van der Waals surface area contributed by atoms with E-state index >= 15 is 0 Å². The maximum atomic E-state index is 12.1. The van der Waals surface area contributed by atoms with Gasteiger partial charge in [-0.25, -0.2) is 4.79 Å². The highest BCUT2D eigenvalue weighted by Crippen LogP contribution is 2.52. The molecule has 0 spiro atoms. The molecule has 0 saturated carbocycles. The van der Waals surface area contributed by atoms with Crippen LogP contribution in [0.3, 0.4) is 0 Å². The van der Waals surface area contributed by atoms with Crippen molar-refractivity contribution in [2.24, 2.45) is 0 Å². The van der Waals surface area contributed by atoms with Gasteiger partial charge in [0.15, 0.2) is 0 Å². The molecule has 2 saturated heterocycles. The lowest BCUT2D eigenvalue weighted by Crippen LogP contribution is -2.58. The highest BCUT2D eigenvalue weighted by molar-refractivity contribution is 8.01. The van der Waals surface area contributed by atoms with Gasteiger partial charge >= 0.3 is 5.97 Å². The fourth-order valence-electron chi connectivity index (χ4n) is 2.39. The molecule has 0 aromatic rings. The smallest absolute Gasteiger partial charge is 0.330 e. The predicted molar refractivity (Wildman–Crippen MR) is 74.5 cm³/mol. The molecule has 0 unspecified atom stereocenters. The number of amides is 1. The Morgan fingerprint density at radius 2 is 2.32 bits per heavy atom. The molecular weight excluding hydrogens is 262 g/mol. The van der Waals surface area contributed by atoms with Crippen LogP contribution in [0, 0.1) is 0 Å². The summed E-state index contributed by atoms with van der Waals surface area (Å²) in [5, 5.41) is -0.0834. The third-order valence-corrected chi connectivity index (χ3v) is 4.70. The number of thioether (sulfide) groups is 1. The van der Waals surface area contributed by atoms with Gasteiger partial charge in [-0.05, 0) is 26.8 Å². The fourth-order valence-corrected chi connectivity index (χ4v) is 3.92. The Morgan fingerprint density at radius 3 is 2.89 bits per heavy atom.